The van der Waals surface area contributed by atoms with Crippen LogP contribution in [-0.2, 0) is 11.3 Å². The Morgan fingerprint density at radius 2 is 1.84 bits per heavy atom. The molecule has 9 nitrogen and oxygen atoms in total. The summed E-state index contributed by atoms with van der Waals surface area (Å²) >= 11 is 0. The molecule has 2 aromatic heterocycles. The number of aryl methyl sites for hydroxylation is 1. The maximum Gasteiger partial charge on any atom is 0.373 e. The van der Waals surface area contributed by atoms with Gasteiger partial charge < -0.3 is 14.1 Å². The third kappa shape index (κ3) is 4.66. The van der Waals surface area contributed by atoms with E-state index < -0.39 is 5.97 Å². The number of ether oxygens (including phenoxy) is 1. The molecule has 0 atom stereocenters. The Balaban J connectivity index is 1.39. The van der Waals surface area contributed by atoms with Crippen molar-refractivity contribution in [1.82, 2.24) is 24.8 Å². The summed E-state index contributed by atoms with van der Waals surface area (Å²) in [6.07, 6.45) is 0.835. The first-order valence-corrected chi connectivity index (χ1v) is 10.2. The monoisotopic (exact) mass is 423 g/mol. The van der Waals surface area contributed by atoms with Crippen LogP contribution in [0.1, 0.15) is 38.9 Å². The van der Waals surface area contributed by atoms with Crippen molar-refractivity contribution in [3.8, 4) is 5.69 Å². The predicted molar refractivity (Wildman–Crippen MR) is 112 cm³/mol. The number of aromatic nitrogens is 3. The summed E-state index contributed by atoms with van der Waals surface area (Å²) in [6, 6.07) is 12.9. The van der Waals surface area contributed by atoms with Crippen LogP contribution in [-0.4, -0.2) is 70.0 Å². The van der Waals surface area contributed by atoms with Gasteiger partial charge in [-0.2, -0.15) is 9.90 Å². The summed E-state index contributed by atoms with van der Waals surface area (Å²) in [4.78, 5) is 30.2. The average molecular weight is 423 g/mol. The van der Waals surface area contributed by atoms with Gasteiger partial charge in [-0.25, -0.2) is 4.79 Å². The van der Waals surface area contributed by atoms with Gasteiger partial charge in [-0.15, -0.1) is 5.10 Å². The summed E-state index contributed by atoms with van der Waals surface area (Å²) < 4.78 is 10.2. The fraction of sp³-hybridized carbons (Fsp3) is 0.364. The zero-order valence-electron chi connectivity index (χ0n) is 17.7. The number of amides is 1. The summed E-state index contributed by atoms with van der Waals surface area (Å²) in [5.74, 6) is 0.299. The molecule has 1 amide bonds. The summed E-state index contributed by atoms with van der Waals surface area (Å²) in [5, 5.41) is 8.85. The van der Waals surface area contributed by atoms with E-state index in [9.17, 15) is 9.59 Å². The molecule has 1 aliphatic rings. The molecule has 31 heavy (non-hydrogen) atoms. The number of benzene rings is 1. The molecule has 162 valence electrons. The van der Waals surface area contributed by atoms with Crippen LogP contribution in [0.15, 0.2) is 46.9 Å². The molecule has 1 saturated heterocycles. The largest absolute Gasteiger partial charge is 0.463 e. The Morgan fingerprint density at radius 3 is 2.61 bits per heavy atom. The van der Waals surface area contributed by atoms with Crippen LogP contribution in [0.4, 0.5) is 0 Å². The highest BCUT2D eigenvalue weighted by Crippen LogP contribution is 2.16. The van der Waals surface area contributed by atoms with Crippen LogP contribution in [0.5, 0.6) is 0 Å². The third-order valence-electron chi connectivity index (χ3n) is 5.28. The molecule has 0 unspecified atom stereocenters. The van der Waals surface area contributed by atoms with Gasteiger partial charge in [-0.1, -0.05) is 18.2 Å². The lowest BCUT2D eigenvalue weighted by Gasteiger charge is -2.20. The summed E-state index contributed by atoms with van der Waals surface area (Å²) in [5.41, 5.74) is 1.81. The van der Waals surface area contributed by atoms with E-state index in [1.807, 2.05) is 35.2 Å². The maximum atomic E-state index is 13.1. The number of carbonyl (C=O) groups is 2. The lowest BCUT2D eigenvalue weighted by molar-refractivity contribution is 0.0560. The second-order valence-corrected chi connectivity index (χ2v) is 7.44. The van der Waals surface area contributed by atoms with Crippen LogP contribution in [0.3, 0.4) is 0 Å². The van der Waals surface area contributed by atoms with Gasteiger partial charge in [0.05, 0.1) is 25.0 Å². The molecule has 1 aliphatic heterocycles. The molecular weight excluding hydrogens is 398 g/mol. The molecule has 1 aromatic carbocycles. The highest BCUT2D eigenvalue weighted by Gasteiger charge is 2.25. The average Bonchev–Trinajstić information content (AvgIpc) is 3.34. The Morgan fingerprint density at radius 1 is 1.03 bits per heavy atom. The Hall–Kier alpha value is -3.46. The van der Waals surface area contributed by atoms with Gasteiger partial charge in [0.25, 0.3) is 5.91 Å². The normalized spacial score (nSPS) is 15.0. The summed E-state index contributed by atoms with van der Waals surface area (Å²) in [6.45, 7) is 5.14. The van der Waals surface area contributed by atoms with Crippen LogP contribution in [0, 0.1) is 6.92 Å². The topological polar surface area (TPSA) is 93.7 Å². The molecular formula is C22H25N5O4. The molecule has 0 aliphatic carbocycles. The first-order chi connectivity index (χ1) is 15.0. The van der Waals surface area contributed by atoms with Crippen molar-refractivity contribution < 1.29 is 18.7 Å². The number of rotatable bonds is 5. The fourth-order valence-electron chi connectivity index (χ4n) is 3.63. The zero-order chi connectivity index (χ0) is 21.8. The fourth-order valence-corrected chi connectivity index (χ4v) is 3.63. The lowest BCUT2D eigenvalue weighted by atomic mass is 10.3. The van der Waals surface area contributed by atoms with Crippen molar-refractivity contribution in [1.29, 1.82) is 0 Å². The van der Waals surface area contributed by atoms with Crippen LogP contribution in [0.25, 0.3) is 5.69 Å². The summed E-state index contributed by atoms with van der Waals surface area (Å²) in [7, 11) is 1.32. The van der Waals surface area contributed by atoms with E-state index in [0.717, 1.165) is 18.7 Å². The number of hydrogen-bond donors (Lipinski definition) is 0. The van der Waals surface area contributed by atoms with E-state index >= 15 is 0 Å². The van der Waals surface area contributed by atoms with E-state index in [1.54, 1.807) is 19.1 Å². The van der Waals surface area contributed by atoms with Gasteiger partial charge in [0.2, 0.25) is 5.76 Å². The smallest absolute Gasteiger partial charge is 0.373 e. The molecule has 0 saturated carbocycles. The van der Waals surface area contributed by atoms with Crippen LogP contribution in [0.2, 0.25) is 0 Å². The SMILES string of the molecule is COC(=O)c1ccc(CN2CCCN(C(=O)c3nn(-c4ccccc4)nc3C)CC2)o1. The van der Waals surface area contributed by atoms with E-state index in [2.05, 4.69) is 19.8 Å². The van der Waals surface area contributed by atoms with Crippen molar-refractivity contribution in [2.75, 3.05) is 33.3 Å². The molecule has 9 heteroatoms. The first kappa shape index (κ1) is 20.8. The van der Waals surface area contributed by atoms with Crippen LogP contribution >= 0.6 is 0 Å². The quantitative estimate of drug-likeness (QED) is 0.581. The molecule has 0 N–H and O–H groups in total. The van der Waals surface area contributed by atoms with Crippen LogP contribution < -0.4 is 0 Å². The van der Waals surface area contributed by atoms with Crippen molar-refractivity contribution >= 4 is 11.9 Å². The van der Waals surface area contributed by atoms with Gasteiger partial charge in [-0.3, -0.25) is 9.69 Å². The van der Waals surface area contributed by atoms with Crippen molar-refractivity contribution in [3.63, 3.8) is 0 Å². The minimum atomic E-state index is -0.488. The predicted octanol–water partition coefficient (Wildman–Crippen LogP) is 2.30. The Kier molecular flexibility index (Phi) is 6.13. The highest BCUT2D eigenvalue weighted by molar-refractivity contribution is 5.93. The number of esters is 1. The van der Waals surface area contributed by atoms with Gasteiger partial charge in [-0.05, 0) is 37.6 Å². The number of hydrogen-bond acceptors (Lipinski definition) is 7. The minimum absolute atomic E-state index is 0.104. The number of carbonyl (C=O) groups excluding carboxylic acids is 2. The van der Waals surface area contributed by atoms with Gasteiger partial charge in [0.1, 0.15) is 5.76 Å². The molecule has 0 radical (unpaired) electrons. The Labute approximate surface area is 180 Å². The van der Waals surface area contributed by atoms with Crippen molar-refractivity contribution in [2.45, 2.75) is 19.9 Å². The first-order valence-electron chi connectivity index (χ1n) is 10.2. The van der Waals surface area contributed by atoms with Gasteiger partial charge >= 0.3 is 5.97 Å². The molecule has 0 spiro atoms. The zero-order valence-corrected chi connectivity index (χ0v) is 17.7. The Bertz CT molecular complexity index is 1060. The molecule has 4 rings (SSSR count). The van der Waals surface area contributed by atoms with E-state index in [4.69, 9.17) is 4.42 Å². The highest BCUT2D eigenvalue weighted by atomic mass is 16.5. The second-order valence-electron chi connectivity index (χ2n) is 7.44. The van der Waals surface area contributed by atoms with Gasteiger partial charge in [0.15, 0.2) is 5.69 Å². The van der Waals surface area contributed by atoms with Crippen molar-refractivity contribution in [3.05, 3.63) is 65.4 Å². The number of furan rings is 1. The lowest BCUT2D eigenvalue weighted by Crippen LogP contribution is -2.35. The molecule has 1 fully saturated rings. The third-order valence-corrected chi connectivity index (χ3v) is 5.28. The number of nitrogens with zero attached hydrogens (tertiary/aromatic N) is 5. The van der Waals surface area contributed by atoms with E-state index in [1.165, 1.54) is 11.9 Å². The minimum Gasteiger partial charge on any atom is -0.463 e. The number of para-hydroxylation sites is 1. The maximum absolute atomic E-state index is 13.1. The standard InChI is InChI=1S/C22H25N5O4/c1-16-20(24-27(23-16)17-7-4-3-5-8-17)21(28)26-12-6-11-25(13-14-26)15-18-9-10-19(31-18)22(29)30-2/h3-5,7-10H,6,11-15H2,1-2H3. The second kappa shape index (κ2) is 9.13. The molecule has 3 heterocycles. The van der Waals surface area contributed by atoms with Crippen molar-refractivity contribution in [2.24, 2.45) is 0 Å². The van der Waals surface area contributed by atoms with E-state index in [0.29, 0.717) is 43.3 Å². The van der Waals surface area contributed by atoms with Gasteiger partial charge in [0, 0.05) is 26.2 Å². The van der Waals surface area contributed by atoms with E-state index in [-0.39, 0.29) is 11.7 Å². The molecule has 3 aromatic rings. The number of methoxy groups -OCH3 is 1. The molecule has 0 bridgehead atoms.